The number of carbonyl (C=O) groups is 1. The first-order chi connectivity index (χ1) is 10.1. The summed E-state index contributed by atoms with van der Waals surface area (Å²) in [7, 11) is 0. The van der Waals surface area contributed by atoms with Crippen LogP contribution in [0.15, 0.2) is 30.5 Å². The molecule has 5 nitrogen and oxygen atoms in total. The van der Waals surface area contributed by atoms with Crippen LogP contribution in [0.2, 0.25) is 0 Å². The van der Waals surface area contributed by atoms with E-state index in [0.717, 1.165) is 0 Å². The zero-order valence-electron chi connectivity index (χ0n) is 11.1. The molecular weight excluding hydrogens is 282 g/mol. The molecule has 0 radical (unpaired) electrons. The van der Waals surface area contributed by atoms with E-state index in [1.54, 1.807) is 24.3 Å². The van der Waals surface area contributed by atoms with Gasteiger partial charge in [0.05, 0.1) is 12.2 Å². The Kier molecular flexibility index (Phi) is 4.99. The molecule has 0 atom stereocenters. The predicted molar refractivity (Wildman–Crippen MR) is 74.0 cm³/mol. The Hall–Kier alpha value is -2.28. The van der Waals surface area contributed by atoms with Crippen molar-refractivity contribution in [3.05, 3.63) is 36.0 Å². The molecule has 2 aromatic rings. The maximum absolute atomic E-state index is 11.9. The Bertz CT molecular complexity index is 635. The largest absolute Gasteiger partial charge is 0.478 e. The summed E-state index contributed by atoms with van der Waals surface area (Å²) in [5.74, 6) is -0.554. The molecule has 112 valence electrons. The highest BCUT2D eigenvalue weighted by atomic mass is 19.3. The van der Waals surface area contributed by atoms with Crippen LogP contribution in [-0.4, -0.2) is 42.2 Å². The molecule has 1 aromatic carbocycles. The maximum Gasteiger partial charge on any atom is 0.337 e. The lowest BCUT2D eigenvalue weighted by atomic mass is 10.1. The summed E-state index contributed by atoms with van der Waals surface area (Å²) in [4.78, 5) is 15.2. The normalized spacial score (nSPS) is 11.0. The van der Waals surface area contributed by atoms with Crippen LogP contribution in [0.1, 0.15) is 10.4 Å². The molecule has 0 fully saturated rings. The fourth-order valence-corrected chi connectivity index (χ4v) is 1.92. The minimum absolute atomic E-state index is 0.112. The topological polar surface area (TPSA) is 71.5 Å². The number of aromatic nitrogens is 1. The number of ether oxygens (including phenoxy) is 1. The van der Waals surface area contributed by atoms with Gasteiger partial charge in [0.1, 0.15) is 12.4 Å². The van der Waals surface area contributed by atoms with Gasteiger partial charge in [0.25, 0.3) is 6.43 Å². The molecule has 0 saturated heterocycles. The summed E-state index contributed by atoms with van der Waals surface area (Å²) in [6.45, 7) is -0.190. The number of nitrogens with zero attached hydrogens (tertiary/aromatic N) is 1. The molecular formula is C14H14F2N2O3. The van der Waals surface area contributed by atoms with Gasteiger partial charge in [-0.1, -0.05) is 24.3 Å². The van der Waals surface area contributed by atoms with Crippen LogP contribution in [0, 0.1) is 0 Å². The Morgan fingerprint density at radius 3 is 2.71 bits per heavy atom. The highest BCUT2D eigenvalue weighted by Crippen LogP contribution is 2.24. The van der Waals surface area contributed by atoms with Crippen LogP contribution in [0.4, 0.5) is 14.6 Å². The lowest BCUT2D eigenvalue weighted by Gasteiger charge is -2.10. The first-order valence-electron chi connectivity index (χ1n) is 6.30. The highest BCUT2D eigenvalue weighted by molar-refractivity contribution is 6.06. The van der Waals surface area contributed by atoms with E-state index in [1.807, 2.05) is 0 Å². The minimum Gasteiger partial charge on any atom is -0.478 e. The van der Waals surface area contributed by atoms with Gasteiger partial charge in [-0.15, -0.1) is 0 Å². The number of hydrogen-bond acceptors (Lipinski definition) is 4. The van der Waals surface area contributed by atoms with Gasteiger partial charge in [0.2, 0.25) is 0 Å². The van der Waals surface area contributed by atoms with Gasteiger partial charge in [-0.05, 0) is 0 Å². The summed E-state index contributed by atoms with van der Waals surface area (Å²) < 4.78 is 28.6. The second kappa shape index (κ2) is 6.94. The number of pyridine rings is 1. The maximum atomic E-state index is 11.9. The standard InChI is InChI=1S/C14H14F2N2O3/c15-12(16)8-21-6-5-17-13-10-4-2-1-3-9(10)11(7-18-13)14(19)20/h1-4,7,12H,5-6,8H2,(H,17,18)(H,19,20). The van der Waals surface area contributed by atoms with Crippen LogP contribution >= 0.6 is 0 Å². The smallest absolute Gasteiger partial charge is 0.337 e. The van der Waals surface area contributed by atoms with E-state index in [9.17, 15) is 13.6 Å². The van der Waals surface area contributed by atoms with Crippen molar-refractivity contribution in [2.75, 3.05) is 25.1 Å². The number of carboxylic acids is 1. The molecule has 0 aliphatic carbocycles. The van der Waals surface area contributed by atoms with Crippen molar-refractivity contribution in [2.24, 2.45) is 0 Å². The van der Waals surface area contributed by atoms with Gasteiger partial charge in [0, 0.05) is 23.5 Å². The third-order valence-electron chi connectivity index (χ3n) is 2.81. The van der Waals surface area contributed by atoms with Crippen LogP contribution in [0.25, 0.3) is 10.8 Å². The van der Waals surface area contributed by atoms with Crippen molar-refractivity contribution in [2.45, 2.75) is 6.43 Å². The van der Waals surface area contributed by atoms with Gasteiger partial charge in [-0.3, -0.25) is 0 Å². The molecule has 0 amide bonds. The molecule has 0 aliphatic heterocycles. The number of fused-ring (bicyclic) bond motifs is 1. The lowest BCUT2D eigenvalue weighted by molar-refractivity contribution is 0.0215. The van der Waals surface area contributed by atoms with Crippen LogP contribution in [-0.2, 0) is 4.74 Å². The first-order valence-corrected chi connectivity index (χ1v) is 6.30. The van der Waals surface area contributed by atoms with Crippen LogP contribution in [0.5, 0.6) is 0 Å². The Morgan fingerprint density at radius 2 is 2.05 bits per heavy atom. The first kappa shape index (κ1) is 15.1. The molecule has 0 aliphatic rings. The number of alkyl halides is 2. The van der Waals surface area contributed by atoms with Crippen LogP contribution in [0.3, 0.4) is 0 Å². The zero-order valence-corrected chi connectivity index (χ0v) is 11.1. The SMILES string of the molecule is O=C(O)c1cnc(NCCOCC(F)F)c2ccccc12. The molecule has 0 spiro atoms. The second-order valence-corrected chi connectivity index (χ2v) is 4.26. The molecule has 1 heterocycles. The summed E-state index contributed by atoms with van der Waals surface area (Å²) in [5, 5.41) is 13.3. The third-order valence-corrected chi connectivity index (χ3v) is 2.81. The van der Waals surface area contributed by atoms with E-state index in [4.69, 9.17) is 9.84 Å². The van der Waals surface area contributed by atoms with Gasteiger partial charge < -0.3 is 15.2 Å². The molecule has 2 N–H and O–H groups in total. The van der Waals surface area contributed by atoms with Crippen molar-refractivity contribution in [3.8, 4) is 0 Å². The van der Waals surface area contributed by atoms with Crippen molar-refractivity contribution in [3.63, 3.8) is 0 Å². The second-order valence-electron chi connectivity index (χ2n) is 4.26. The molecule has 7 heteroatoms. The van der Waals surface area contributed by atoms with Gasteiger partial charge in [0.15, 0.2) is 0 Å². The lowest BCUT2D eigenvalue weighted by Crippen LogP contribution is -2.14. The molecule has 2 rings (SSSR count). The van der Waals surface area contributed by atoms with E-state index < -0.39 is 19.0 Å². The number of halogens is 2. The van der Waals surface area contributed by atoms with Crippen molar-refractivity contribution < 1.29 is 23.4 Å². The Labute approximate surface area is 119 Å². The van der Waals surface area contributed by atoms with Crippen LogP contribution < -0.4 is 5.32 Å². The van der Waals surface area contributed by atoms with Crippen molar-refractivity contribution >= 4 is 22.6 Å². The van der Waals surface area contributed by atoms with Gasteiger partial charge in [-0.2, -0.15) is 0 Å². The molecule has 21 heavy (non-hydrogen) atoms. The number of anilines is 1. The summed E-state index contributed by atoms with van der Waals surface area (Å²) in [6, 6.07) is 6.95. The molecule has 0 unspecified atom stereocenters. The number of aromatic carboxylic acids is 1. The Morgan fingerprint density at radius 1 is 1.33 bits per heavy atom. The quantitative estimate of drug-likeness (QED) is 0.769. The minimum atomic E-state index is -2.49. The van der Waals surface area contributed by atoms with Crippen molar-refractivity contribution in [1.82, 2.24) is 4.98 Å². The summed E-state index contributed by atoms with van der Waals surface area (Å²) >= 11 is 0. The molecule has 1 aromatic heterocycles. The number of rotatable bonds is 7. The van der Waals surface area contributed by atoms with E-state index in [0.29, 0.717) is 23.1 Å². The van der Waals surface area contributed by atoms with Crippen molar-refractivity contribution in [1.29, 1.82) is 0 Å². The number of nitrogens with one attached hydrogen (secondary N) is 1. The fraction of sp³-hybridized carbons (Fsp3) is 0.286. The van der Waals surface area contributed by atoms with E-state index in [1.165, 1.54) is 6.20 Å². The fourth-order valence-electron chi connectivity index (χ4n) is 1.92. The van der Waals surface area contributed by atoms with E-state index in [-0.39, 0.29) is 12.2 Å². The average Bonchev–Trinajstić information content (AvgIpc) is 2.46. The highest BCUT2D eigenvalue weighted by Gasteiger charge is 2.11. The number of carboxylic acid groups (broad SMARTS) is 1. The Balaban J connectivity index is 2.11. The molecule has 0 saturated carbocycles. The molecule has 0 bridgehead atoms. The number of hydrogen-bond donors (Lipinski definition) is 2. The van der Waals surface area contributed by atoms with Gasteiger partial charge in [-0.25, -0.2) is 18.6 Å². The van der Waals surface area contributed by atoms with Gasteiger partial charge >= 0.3 is 5.97 Å². The summed E-state index contributed by atoms with van der Waals surface area (Å²) in [6.07, 6.45) is -1.22. The monoisotopic (exact) mass is 296 g/mol. The van der Waals surface area contributed by atoms with E-state index in [2.05, 4.69) is 10.3 Å². The third kappa shape index (κ3) is 3.85. The predicted octanol–water partition coefficient (Wildman–Crippen LogP) is 2.63. The van der Waals surface area contributed by atoms with E-state index >= 15 is 0 Å². The average molecular weight is 296 g/mol. The number of benzene rings is 1. The summed E-state index contributed by atoms with van der Waals surface area (Å²) in [5.41, 5.74) is 0.116. The zero-order chi connectivity index (χ0) is 15.2.